The normalized spacial score (nSPS) is 52.4. The van der Waals surface area contributed by atoms with E-state index < -0.39 is 58.3 Å². The summed E-state index contributed by atoms with van der Waals surface area (Å²) in [4.78, 5) is 50.9. The summed E-state index contributed by atoms with van der Waals surface area (Å²) < 4.78 is 11.5. The SMILES string of the molecule is C=C1C(=O)[C@@]23[C@@H]4C[C@H]5[C@](CCC[C@@]5(C)C=O)(C(=O)O4)[C@@H]2[C@@H](OC(C)=O)C[C@@H]1[C@H]3O. The van der Waals surface area contributed by atoms with Crippen LogP contribution >= 0.6 is 0 Å². The number of Topliss-reactive ketones (excluding diaryl/α,β-unsaturated/α-hetero) is 1. The van der Waals surface area contributed by atoms with Crippen LogP contribution in [0.25, 0.3) is 0 Å². The molecule has 2 spiro atoms. The highest BCUT2D eigenvalue weighted by Crippen LogP contribution is 2.74. The average Bonchev–Trinajstić information content (AvgIpc) is 2.78. The lowest BCUT2D eigenvalue weighted by molar-refractivity contribution is -0.296. The number of hydrogen-bond donors (Lipinski definition) is 1. The monoisotopic (exact) mass is 402 g/mol. The van der Waals surface area contributed by atoms with Gasteiger partial charge in [0.25, 0.3) is 0 Å². The number of aldehydes is 1. The van der Waals surface area contributed by atoms with Gasteiger partial charge in [-0.1, -0.05) is 19.9 Å². The molecule has 2 aliphatic heterocycles. The first kappa shape index (κ1) is 19.0. The summed E-state index contributed by atoms with van der Waals surface area (Å²) in [5.74, 6) is -2.72. The van der Waals surface area contributed by atoms with Gasteiger partial charge in [-0.3, -0.25) is 14.4 Å². The zero-order valence-electron chi connectivity index (χ0n) is 16.7. The van der Waals surface area contributed by atoms with E-state index in [1.54, 1.807) is 0 Å². The number of esters is 2. The van der Waals surface area contributed by atoms with E-state index in [0.717, 1.165) is 6.29 Å². The summed E-state index contributed by atoms with van der Waals surface area (Å²) in [5.41, 5.74) is -2.87. The van der Waals surface area contributed by atoms with Crippen molar-refractivity contribution in [1.29, 1.82) is 0 Å². The molecule has 9 atom stereocenters. The Hall–Kier alpha value is -2.02. The van der Waals surface area contributed by atoms with Crippen LogP contribution in [-0.4, -0.2) is 47.4 Å². The Balaban J connectivity index is 1.77. The number of aliphatic hydroxyl groups excluding tert-OH is 1. The number of carbonyl (C=O) groups is 4. The topological polar surface area (TPSA) is 107 Å². The van der Waals surface area contributed by atoms with Crippen LogP contribution in [0.5, 0.6) is 0 Å². The Bertz CT molecular complexity index is 863. The van der Waals surface area contributed by atoms with E-state index in [9.17, 15) is 24.3 Å². The van der Waals surface area contributed by atoms with Gasteiger partial charge in [-0.15, -0.1) is 0 Å². The van der Waals surface area contributed by atoms with Crippen LogP contribution in [0, 0.1) is 34.0 Å². The molecule has 0 aromatic heterocycles. The van der Waals surface area contributed by atoms with Crippen LogP contribution < -0.4 is 0 Å². The van der Waals surface area contributed by atoms with E-state index >= 15 is 0 Å². The van der Waals surface area contributed by atoms with Crippen molar-refractivity contribution in [3.05, 3.63) is 12.2 Å². The molecule has 2 saturated heterocycles. The molecule has 4 bridgehead atoms. The van der Waals surface area contributed by atoms with Gasteiger partial charge in [-0.2, -0.15) is 0 Å². The zero-order valence-corrected chi connectivity index (χ0v) is 16.7. The maximum atomic E-state index is 13.5. The van der Waals surface area contributed by atoms with Gasteiger partial charge < -0.3 is 19.4 Å². The molecule has 0 amide bonds. The lowest BCUT2D eigenvalue weighted by Crippen LogP contribution is -2.77. The first-order chi connectivity index (χ1) is 13.6. The number of hydrogen-bond acceptors (Lipinski definition) is 7. The molecule has 29 heavy (non-hydrogen) atoms. The van der Waals surface area contributed by atoms with Crippen molar-refractivity contribution in [3.8, 4) is 0 Å². The van der Waals surface area contributed by atoms with Crippen molar-refractivity contribution in [3.63, 3.8) is 0 Å². The maximum Gasteiger partial charge on any atom is 0.313 e. The lowest BCUT2D eigenvalue weighted by Gasteiger charge is -2.68. The first-order valence-electron chi connectivity index (χ1n) is 10.4. The minimum atomic E-state index is -1.34. The summed E-state index contributed by atoms with van der Waals surface area (Å²) in [7, 11) is 0. The van der Waals surface area contributed by atoms with Crippen LogP contribution in [0.2, 0.25) is 0 Å². The van der Waals surface area contributed by atoms with E-state index in [1.165, 1.54) is 6.92 Å². The number of ether oxygens (including phenoxy) is 2. The largest absolute Gasteiger partial charge is 0.462 e. The molecule has 0 aromatic rings. The van der Waals surface area contributed by atoms with E-state index in [4.69, 9.17) is 9.47 Å². The molecule has 0 unspecified atom stereocenters. The van der Waals surface area contributed by atoms with Gasteiger partial charge in [0.05, 0.1) is 11.5 Å². The van der Waals surface area contributed by atoms with Crippen molar-refractivity contribution in [2.24, 2.45) is 34.0 Å². The highest BCUT2D eigenvalue weighted by molar-refractivity contribution is 6.06. The third-order valence-electron chi connectivity index (χ3n) is 8.85. The number of rotatable bonds is 2. The molecule has 7 nitrogen and oxygen atoms in total. The number of carbonyl (C=O) groups excluding carboxylic acids is 4. The zero-order chi connectivity index (χ0) is 20.9. The molecule has 0 radical (unpaired) electrons. The van der Waals surface area contributed by atoms with Gasteiger partial charge in [0.1, 0.15) is 23.9 Å². The van der Waals surface area contributed by atoms with Gasteiger partial charge in [0.15, 0.2) is 5.78 Å². The highest BCUT2D eigenvalue weighted by atomic mass is 16.6. The second-order valence-electron chi connectivity index (χ2n) is 9.90. The van der Waals surface area contributed by atoms with Crippen LogP contribution in [0.1, 0.15) is 46.0 Å². The predicted molar refractivity (Wildman–Crippen MR) is 98.2 cm³/mol. The van der Waals surface area contributed by atoms with Crippen LogP contribution in [-0.2, 0) is 28.7 Å². The molecule has 156 valence electrons. The minimum Gasteiger partial charge on any atom is -0.462 e. The van der Waals surface area contributed by atoms with Gasteiger partial charge in [0, 0.05) is 24.2 Å². The summed E-state index contributed by atoms with van der Waals surface area (Å²) in [5, 5.41) is 11.3. The molecule has 6 aliphatic rings. The van der Waals surface area contributed by atoms with Crippen molar-refractivity contribution >= 4 is 24.0 Å². The minimum absolute atomic E-state index is 0.254. The molecule has 1 N–H and O–H groups in total. The van der Waals surface area contributed by atoms with Crippen molar-refractivity contribution in [2.45, 2.75) is 64.3 Å². The van der Waals surface area contributed by atoms with Gasteiger partial charge >= 0.3 is 11.9 Å². The standard InChI is InChI=1S/C22H26O7/c1-10-12-7-13(28-11(2)24)16-21-6-4-5-20(3,9-23)14(21)8-15(29-19(21)27)22(16,17(10)25)18(12)26/h9,12-16,18,26H,1,4-8H2,2-3H3/t12-,13-,14+,15-,16-,18+,20-,21-,22+/m0/s1. The van der Waals surface area contributed by atoms with E-state index in [0.29, 0.717) is 31.3 Å². The Morgan fingerprint density at radius 3 is 2.69 bits per heavy atom. The van der Waals surface area contributed by atoms with Crippen LogP contribution in [0.3, 0.4) is 0 Å². The summed E-state index contributed by atoms with van der Waals surface area (Å²) in [6, 6.07) is 0. The lowest BCUT2D eigenvalue weighted by atomic mass is 9.37. The fourth-order valence-electron chi connectivity index (χ4n) is 7.88. The average molecular weight is 402 g/mol. The summed E-state index contributed by atoms with van der Waals surface area (Å²) in [6.07, 6.45) is 0.706. The Labute approximate surface area is 168 Å². The molecule has 2 heterocycles. The van der Waals surface area contributed by atoms with E-state index in [2.05, 4.69) is 6.58 Å². The Morgan fingerprint density at radius 1 is 1.31 bits per heavy atom. The fraction of sp³-hybridized carbons (Fsp3) is 0.727. The second kappa shape index (κ2) is 5.56. The van der Waals surface area contributed by atoms with E-state index in [-0.39, 0.29) is 18.1 Å². The smallest absolute Gasteiger partial charge is 0.313 e. The van der Waals surface area contributed by atoms with Gasteiger partial charge in [-0.05, 0) is 37.2 Å². The van der Waals surface area contributed by atoms with E-state index in [1.807, 2.05) is 6.92 Å². The first-order valence-corrected chi connectivity index (χ1v) is 10.4. The molecular weight excluding hydrogens is 376 g/mol. The van der Waals surface area contributed by atoms with Gasteiger partial charge in [-0.25, -0.2) is 0 Å². The van der Waals surface area contributed by atoms with Crippen LogP contribution in [0.15, 0.2) is 12.2 Å². The molecule has 7 heteroatoms. The van der Waals surface area contributed by atoms with Crippen molar-refractivity contribution < 1.29 is 33.8 Å². The quantitative estimate of drug-likeness (QED) is 0.422. The molecule has 0 aromatic carbocycles. The van der Waals surface area contributed by atoms with Crippen LogP contribution in [0.4, 0.5) is 0 Å². The Morgan fingerprint density at radius 2 is 2.03 bits per heavy atom. The van der Waals surface area contributed by atoms with Crippen molar-refractivity contribution in [1.82, 2.24) is 0 Å². The number of aliphatic hydroxyl groups is 1. The summed E-state index contributed by atoms with van der Waals surface area (Å²) >= 11 is 0. The molecular formula is C22H26O7. The van der Waals surface area contributed by atoms with Gasteiger partial charge in [0.2, 0.25) is 0 Å². The third kappa shape index (κ3) is 1.89. The number of fused-ring (bicyclic) bond motifs is 2. The molecule has 4 saturated carbocycles. The Kier molecular flexibility index (Phi) is 3.64. The molecule has 6 fully saturated rings. The summed E-state index contributed by atoms with van der Waals surface area (Å²) in [6.45, 7) is 7.10. The molecule has 6 rings (SSSR count). The highest BCUT2D eigenvalue weighted by Gasteiger charge is 2.83. The third-order valence-corrected chi connectivity index (χ3v) is 8.85. The maximum absolute atomic E-state index is 13.5. The molecule has 4 aliphatic carbocycles. The van der Waals surface area contributed by atoms with Crippen molar-refractivity contribution in [2.75, 3.05) is 0 Å². The second-order valence-corrected chi connectivity index (χ2v) is 9.90. The predicted octanol–water partition coefficient (Wildman–Crippen LogP) is 1.36. The fourth-order valence-corrected chi connectivity index (χ4v) is 7.88. The number of ketones is 1.